The van der Waals surface area contributed by atoms with Gasteiger partial charge in [0.15, 0.2) is 5.82 Å². The van der Waals surface area contributed by atoms with Gasteiger partial charge in [0.1, 0.15) is 12.1 Å². The zero-order valence-corrected chi connectivity index (χ0v) is 30.8. The number of likely N-dealkylation sites (N-methyl/N-ethyl adjacent to an activating group) is 1. The number of hydrogen-bond acceptors (Lipinski definition) is 8. The first kappa shape index (κ1) is 36.2. The molecule has 3 aromatic carbocycles. The maximum absolute atomic E-state index is 13.9. The number of ketones is 1. The zero-order valence-electron chi connectivity index (χ0n) is 29.3. The number of allylic oxidation sites excluding steroid dienone is 2. The number of imidazole rings is 1. The number of benzene rings is 3. The van der Waals surface area contributed by atoms with Crippen molar-refractivity contribution < 1.29 is 14.3 Å². The number of carbonyl (C=O) groups is 2. The van der Waals surface area contributed by atoms with Crippen molar-refractivity contribution in [1.29, 1.82) is 0 Å². The molecule has 0 radical (unpaired) electrons. The quantitative estimate of drug-likeness (QED) is 0.0930. The third-order valence-corrected chi connectivity index (χ3v) is 10.3. The Morgan fingerprint density at radius 3 is 2.53 bits per heavy atom. The van der Waals surface area contributed by atoms with E-state index < -0.39 is 0 Å². The molecular weight excluding hydrogens is 687 g/mol. The van der Waals surface area contributed by atoms with Gasteiger partial charge in [-0.3, -0.25) is 9.59 Å². The van der Waals surface area contributed by atoms with Crippen molar-refractivity contribution in [3.63, 3.8) is 0 Å². The molecule has 51 heavy (non-hydrogen) atoms. The van der Waals surface area contributed by atoms with Gasteiger partial charge < -0.3 is 19.1 Å². The molecule has 0 bridgehead atoms. The van der Waals surface area contributed by atoms with Crippen molar-refractivity contribution in [2.24, 2.45) is 5.92 Å². The maximum atomic E-state index is 13.9. The van der Waals surface area contributed by atoms with E-state index >= 15 is 0 Å². The minimum Gasteiger partial charge on any atom is -0.496 e. The number of likely N-dealkylation sites (tertiary alicyclic amines) is 1. The topological polar surface area (TPSA) is 111 Å². The van der Waals surface area contributed by atoms with E-state index in [1.54, 1.807) is 43.3 Å². The van der Waals surface area contributed by atoms with Crippen molar-refractivity contribution in [1.82, 2.24) is 39.6 Å². The SMILES string of the molecule is COc1ccc(-n2cnnn2)cc1C(=O)N(C)CC(CCN1CCC(C(=O)c2nc3ccccc3n2CC=C(C)C)CC1)c1ccc(Cl)c(Cl)c1. The number of ether oxygens (including phenoxy) is 1. The molecule has 6 rings (SSSR count). The van der Waals surface area contributed by atoms with E-state index in [9.17, 15) is 9.59 Å². The third-order valence-electron chi connectivity index (χ3n) is 9.59. The molecule has 1 fully saturated rings. The number of amides is 1. The lowest BCUT2D eigenvalue weighted by atomic mass is 9.90. The van der Waals surface area contributed by atoms with Crippen LogP contribution in [0.5, 0.6) is 5.75 Å². The van der Waals surface area contributed by atoms with Crippen LogP contribution in [0.25, 0.3) is 16.7 Å². The maximum Gasteiger partial charge on any atom is 0.257 e. The predicted octanol–water partition coefficient (Wildman–Crippen LogP) is 7.13. The van der Waals surface area contributed by atoms with Gasteiger partial charge in [0, 0.05) is 32.0 Å². The summed E-state index contributed by atoms with van der Waals surface area (Å²) in [6.45, 7) is 7.58. The summed E-state index contributed by atoms with van der Waals surface area (Å²) in [5.74, 6) is 0.802. The molecule has 0 spiro atoms. The standard InChI is InChI=1S/C38H42Cl2N8O3/c1-25(2)13-20-47-34-8-6-5-7-33(34)42-37(47)36(49)26-14-17-46(18-15-26)19-16-28(27-9-11-31(39)32(40)21-27)23-45(3)38(50)30-22-29(10-12-35(30)51-4)48-24-41-43-44-48/h5-13,21-22,24,26,28H,14-20,23H2,1-4H3. The number of halogens is 2. The number of fused-ring (bicyclic) bond motifs is 1. The van der Waals surface area contributed by atoms with Crippen LogP contribution < -0.4 is 4.74 Å². The van der Waals surface area contributed by atoms with Crippen LogP contribution in [0.3, 0.4) is 0 Å². The lowest BCUT2D eigenvalue weighted by Gasteiger charge is -2.33. The molecule has 5 aromatic rings. The van der Waals surface area contributed by atoms with Gasteiger partial charge >= 0.3 is 0 Å². The first-order valence-corrected chi connectivity index (χ1v) is 17.9. The highest BCUT2D eigenvalue weighted by Crippen LogP contribution is 2.31. The lowest BCUT2D eigenvalue weighted by Crippen LogP contribution is -2.38. The second kappa shape index (κ2) is 16.2. The number of nitrogens with zero attached hydrogens (tertiary/aromatic N) is 8. The molecular formula is C38H42Cl2N8O3. The number of tetrazole rings is 1. The fourth-order valence-corrected chi connectivity index (χ4v) is 7.00. The number of Topliss-reactive ketones (excluding diaryl/α,β-unsaturated/α-hetero) is 1. The summed E-state index contributed by atoms with van der Waals surface area (Å²) in [5.41, 5.74) is 5.07. The number of rotatable bonds is 13. The van der Waals surface area contributed by atoms with E-state index in [1.807, 2.05) is 41.0 Å². The van der Waals surface area contributed by atoms with Gasteiger partial charge in [-0.15, -0.1) is 5.10 Å². The van der Waals surface area contributed by atoms with Gasteiger partial charge in [-0.1, -0.05) is 53.1 Å². The van der Waals surface area contributed by atoms with Crippen LogP contribution in [0, 0.1) is 5.92 Å². The summed E-state index contributed by atoms with van der Waals surface area (Å²) in [6.07, 6.45) is 5.90. The number of para-hydroxylation sites is 2. The van der Waals surface area contributed by atoms with Crippen molar-refractivity contribution in [2.45, 2.75) is 45.6 Å². The fraction of sp³-hybridized carbons (Fsp3) is 0.368. The summed E-state index contributed by atoms with van der Waals surface area (Å²) in [7, 11) is 3.33. The van der Waals surface area contributed by atoms with E-state index in [-0.39, 0.29) is 23.5 Å². The van der Waals surface area contributed by atoms with E-state index in [0.29, 0.717) is 46.0 Å². The summed E-state index contributed by atoms with van der Waals surface area (Å²) in [4.78, 5) is 36.7. The Hall–Kier alpha value is -4.58. The molecule has 2 aromatic heterocycles. The Bertz CT molecular complexity index is 2030. The summed E-state index contributed by atoms with van der Waals surface area (Å²) < 4.78 is 9.09. The Labute approximate surface area is 307 Å². The van der Waals surface area contributed by atoms with E-state index in [0.717, 1.165) is 55.5 Å². The van der Waals surface area contributed by atoms with Crippen LogP contribution >= 0.6 is 23.2 Å². The van der Waals surface area contributed by atoms with Crippen LogP contribution in [0.4, 0.5) is 0 Å². The van der Waals surface area contributed by atoms with Crippen molar-refractivity contribution in [3.05, 3.63) is 106 Å². The molecule has 1 unspecified atom stereocenters. The molecule has 1 aliphatic rings. The van der Waals surface area contributed by atoms with Crippen LogP contribution in [0.1, 0.15) is 65.6 Å². The number of methoxy groups -OCH3 is 1. The number of carbonyl (C=O) groups excluding carboxylic acids is 2. The van der Waals surface area contributed by atoms with E-state index in [4.69, 9.17) is 32.9 Å². The monoisotopic (exact) mass is 728 g/mol. The number of piperidine rings is 1. The minimum atomic E-state index is -0.193. The van der Waals surface area contributed by atoms with Crippen LogP contribution in [-0.2, 0) is 6.54 Å². The van der Waals surface area contributed by atoms with Crippen LogP contribution in [0.15, 0.2) is 78.6 Å². The Balaban J connectivity index is 1.14. The van der Waals surface area contributed by atoms with Gasteiger partial charge in [0.2, 0.25) is 5.78 Å². The van der Waals surface area contributed by atoms with E-state index in [1.165, 1.54) is 16.6 Å². The van der Waals surface area contributed by atoms with Gasteiger partial charge in [0.25, 0.3) is 5.91 Å². The second-order valence-electron chi connectivity index (χ2n) is 13.3. The van der Waals surface area contributed by atoms with Crippen molar-refractivity contribution in [3.8, 4) is 11.4 Å². The first-order chi connectivity index (χ1) is 24.6. The smallest absolute Gasteiger partial charge is 0.257 e. The molecule has 11 nitrogen and oxygen atoms in total. The molecule has 1 aliphatic heterocycles. The van der Waals surface area contributed by atoms with Gasteiger partial charge in [-0.05, 0) is 111 Å². The number of hydrogen-bond donors (Lipinski definition) is 0. The van der Waals surface area contributed by atoms with Gasteiger partial charge in [-0.25, -0.2) is 9.67 Å². The average molecular weight is 730 g/mol. The van der Waals surface area contributed by atoms with Gasteiger partial charge in [0.05, 0.1) is 39.4 Å². The zero-order chi connectivity index (χ0) is 36.1. The van der Waals surface area contributed by atoms with Crippen LogP contribution in [0.2, 0.25) is 10.0 Å². The lowest BCUT2D eigenvalue weighted by molar-refractivity contribution is 0.0776. The van der Waals surface area contributed by atoms with Crippen molar-refractivity contribution in [2.75, 3.05) is 40.3 Å². The summed E-state index contributed by atoms with van der Waals surface area (Å²) in [5, 5.41) is 12.3. The van der Waals surface area contributed by atoms with Crippen molar-refractivity contribution >= 4 is 45.9 Å². The summed E-state index contributed by atoms with van der Waals surface area (Å²) >= 11 is 12.8. The van der Waals surface area contributed by atoms with Crippen LogP contribution in [-0.4, -0.2) is 91.6 Å². The molecule has 3 heterocycles. The minimum absolute atomic E-state index is 0.0308. The molecule has 13 heteroatoms. The molecule has 1 amide bonds. The Kier molecular flexibility index (Phi) is 11.5. The molecule has 1 saturated heterocycles. The third kappa shape index (κ3) is 8.32. The highest BCUT2D eigenvalue weighted by atomic mass is 35.5. The Morgan fingerprint density at radius 2 is 1.82 bits per heavy atom. The molecule has 0 saturated carbocycles. The molecule has 266 valence electrons. The average Bonchev–Trinajstić information content (AvgIpc) is 3.82. The van der Waals surface area contributed by atoms with Gasteiger partial charge in [-0.2, -0.15) is 0 Å². The molecule has 0 N–H and O–H groups in total. The predicted molar refractivity (Wildman–Crippen MR) is 199 cm³/mol. The van der Waals surface area contributed by atoms with E-state index in [2.05, 4.69) is 40.3 Å². The normalized spacial score (nSPS) is 14.4. The first-order valence-electron chi connectivity index (χ1n) is 17.1. The highest BCUT2D eigenvalue weighted by molar-refractivity contribution is 6.42. The largest absolute Gasteiger partial charge is 0.496 e. The highest BCUT2D eigenvalue weighted by Gasteiger charge is 2.30. The number of aromatic nitrogens is 6. The molecule has 0 aliphatic carbocycles. The second-order valence-corrected chi connectivity index (χ2v) is 14.1. The summed E-state index contributed by atoms with van der Waals surface area (Å²) in [6, 6.07) is 18.9. The fourth-order valence-electron chi connectivity index (χ4n) is 6.70. The molecule has 1 atom stereocenters. The Morgan fingerprint density at radius 1 is 1.04 bits per heavy atom.